The quantitative estimate of drug-likeness (QED) is 0.810. The number of piperidine rings is 1. The number of rotatable bonds is 4. The molecule has 2 saturated heterocycles. The van der Waals surface area contributed by atoms with Gasteiger partial charge in [0.1, 0.15) is 5.82 Å². The standard InChI is InChI=1S/C17H27N5OS/c1-12-10-15(22-8-4-3-6-13(22)2)20-16(19-12)21-17(24)18-11-14-7-5-9-23-14/h10,13-14H,3-9,11H2,1-2H3,(H2,18,19,20,21,24)/t13-,14-/m1/s1. The predicted molar refractivity (Wildman–Crippen MR) is 101 cm³/mol. The lowest BCUT2D eigenvalue weighted by molar-refractivity contribution is 0.114. The summed E-state index contributed by atoms with van der Waals surface area (Å²) in [6.07, 6.45) is 6.21. The molecule has 3 heterocycles. The van der Waals surface area contributed by atoms with Gasteiger partial charge in [-0.2, -0.15) is 4.98 Å². The Hall–Kier alpha value is -1.47. The summed E-state index contributed by atoms with van der Waals surface area (Å²) >= 11 is 5.37. The molecule has 6 nitrogen and oxygen atoms in total. The number of aryl methyl sites for hydroxylation is 1. The summed E-state index contributed by atoms with van der Waals surface area (Å²) in [7, 11) is 0. The Morgan fingerprint density at radius 3 is 2.96 bits per heavy atom. The molecule has 0 bridgehead atoms. The molecule has 2 fully saturated rings. The van der Waals surface area contributed by atoms with E-state index in [2.05, 4.69) is 38.5 Å². The fraction of sp³-hybridized carbons (Fsp3) is 0.706. The molecule has 2 aliphatic rings. The molecule has 2 N–H and O–H groups in total. The van der Waals surface area contributed by atoms with Crippen molar-refractivity contribution in [2.45, 2.75) is 58.1 Å². The second kappa shape index (κ2) is 8.07. The highest BCUT2D eigenvalue weighted by molar-refractivity contribution is 7.80. The summed E-state index contributed by atoms with van der Waals surface area (Å²) in [5.74, 6) is 1.55. The van der Waals surface area contributed by atoms with Gasteiger partial charge in [0.15, 0.2) is 5.11 Å². The van der Waals surface area contributed by atoms with Crippen molar-refractivity contribution in [1.82, 2.24) is 15.3 Å². The molecule has 0 aromatic carbocycles. The zero-order chi connectivity index (χ0) is 16.9. The first-order valence-electron chi connectivity index (χ1n) is 8.90. The third-order valence-corrected chi connectivity index (χ3v) is 4.92. The Balaban J connectivity index is 1.61. The largest absolute Gasteiger partial charge is 0.376 e. The Labute approximate surface area is 149 Å². The average Bonchev–Trinajstić information content (AvgIpc) is 3.06. The minimum absolute atomic E-state index is 0.257. The molecular formula is C17H27N5OS. The van der Waals surface area contributed by atoms with Crippen LogP contribution in [0.25, 0.3) is 0 Å². The van der Waals surface area contributed by atoms with Crippen LogP contribution in [0.5, 0.6) is 0 Å². The van der Waals surface area contributed by atoms with Gasteiger partial charge in [-0.05, 0) is 58.2 Å². The minimum atomic E-state index is 0.257. The third-order valence-electron chi connectivity index (χ3n) is 4.68. The van der Waals surface area contributed by atoms with Crippen LogP contribution in [0.4, 0.5) is 11.8 Å². The molecule has 0 amide bonds. The highest BCUT2D eigenvalue weighted by atomic mass is 32.1. The monoisotopic (exact) mass is 349 g/mol. The molecule has 0 radical (unpaired) electrons. The molecule has 1 aromatic rings. The summed E-state index contributed by atoms with van der Waals surface area (Å²) in [6.45, 7) is 6.89. The second-order valence-electron chi connectivity index (χ2n) is 6.70. The number of ether oxygens (including phenoxy) is 1. The van der Waals surface area contributed by atoms with Crippen LogP contribution >= 0.6 is 12.2 Å². The first kappa shape index (κ1) is 17.4. The number of thiocarbonyl (C=S) groups is 1. The van der Waals surface area contributed by atoms with Crippen LogP contribution in [0.2, 0.25) is 0 Å². The normalized spacial score (nSPS) is 24.0. The van der Waals surface area contributed by atoms with Gasteiger partial charge in [-0.15, -0.1) is 0 Å². The number of aromatic nitrogens is 2. The van der Waals surface area contributed by atoms with Gasteiger partial charge >= 0.3 is 0 Å². The van der Waals surface area contributed by atoms with E-state index in [0.29, 0.717) is 17.1 Å². The first-order valence-corrected chi connectivity index (χ1v) is 9.31. The smallest absolute Gasteiger partial charge is 0.231 e. The summed E-state index contributed by atoms with van der Waals surface area (Å²) < 4.78 is 5.60. The maximum atomic E-state index is 5.60. The van der Waals surface area contributed by atoms with Crippen molar-refractivity contribution in [3.05, 3.63) is 11.8 Å². The molecule has 3 rings (SSSR count). The highest BCUT2D eigenvalue weighted by Crippen LogP contribution is 2.24. The number of anilines is 2. The average molecular weight is 350 g/mol. The van der Waals surface area contributed by atoms with E-state index in [1.54, 1.807) is 0 Å². The molecule has 0 unspecified atom stereocenters. The van der Waals surface area contributed by atoms with E-state index < -0.39 is 0 Å². The molecule has 2 aliphatic heterocycles. The topological polar surface area (TPSA) is 62.3 Å². The van der Waals surface area contributed by atoms with Crippen LogP contribution < -0.4 is 15.5 Å². The Morgan fingerprint density at radius 2 is 2.21 bits per heavy atom. The zero-order valence-electron chi connectivity index (χ0n) is 14.5. The lowest BCUT2D eigenvalue weighted by atomic mass is 10.0. The van der Waals surface area contributed by atoms with Gasteiger partial charge in [-0.25, -0.2) is 4.98 Å². The summed E-state index contributed by atoms with van der Waals surface area (Å²) in [4.78, 5) is 11.5. The molecule has 24 heavy (non-hydrogen) atoms. The van der Waals surface area contributed by atoms with E-state index in [1.165, 1.54) is 19.3 Å². The van der Waals surface area contributed by atoms with Gasteiger partial charge in [-0.3, -0.25) is 0 Å². The Morgan fingerprint density at radius 1 is 1.33 bits per heavy atom. The van der Waals surface area contributed by atoms with E-state index in [1.807, 2.05) is 6.92 Å². The highest BCUT2D eigenvalue weighted by Gasteiger charge is 2.21. The molecule has 2 atom stereocenters. The predicted octanol–water partition coefficient (Wildman–Crippen LogP) is 2.63. The van der Waals surface area contributed by atoms with Gasteiger partial charge in [0.2, 0.25) is 5.95 Å². The van der Waals surface area contributed by atoms with Crippen LogP contribution in [-0.4, -0.2) is 46.9 Å². The van der Waals surface area contributed by atoms with Crippen molar-refractivity contribution in [3.63, 3.8) is 0 Å². The number of hydrogen-bond donors (Lipinski definition) is 2. The van der Waals surface area contributed by atoms with E-state index in [0.717, 1.165) is 44.0 Å². The van der Waals surface area contributed by atoms with Crippen molar-refractivity contribution in [2.24, 2.45) is 0 Å². The molecule has 1 aromatic heterocycles. The maximum absolute atomic E-state index is 5.60. The molecule has 0 aliphatic carbocycles. The third kappa shape index (κ3) is 4.54. The lowest BCUT2D eigenvalue weighted by Crippen LogP contribution is -2.38. The van der Waals surface area contributed by atoms with Crippen molar-refractivity contribution in [2.75, 3.05) is 29.9 Å². The molecular weight excluding hydrogens is 322 g/mol. The summed E-state index contributed by atoms with van der Waals surface area (Å²) in [5, 5.41) is 6.87. The van der Waals surface area contributed by atoms with Crippen LogP contribution in [0.1, 0.15) is 44.7 Å². The van der Waals surface area contributed by atoms with Crippen LogP contribution in [0.15, 0.2) is 6.07 Å². The molecule has 0 saturated carbocycles. The van der Waals surface area contributed by atoms with Crippen molar-refractivity contribution >= 4 is 29.1 Å². The summed E-state index contributed by atoms with van der Waals surface area (Å²) in [6, 6.07) is 2.57. The van der Waals surface area contributed by atoms with Crippen LogP contribution in [-0.2, 0) is 4.74 Å². The van der Waals surface area contributed by atoms with Gasteiger partial charge in [0.05, 0.1) is 6.10 Å². The number of nitrogens with one attached hydrogen (secondary N) is 2. The van der Waals surface area contributed by atoms with E-state index in [-0.39, 0.29) is 6.10 Å². The Bertz CT molecular complexity index is 576. The molecule has 7 heteroatoms. The fourth-order valence-corrected chi connectivity index (χ4v) is 3.53. The second-order valence-corrected chi connectivity index (χ2v) is 7.11. The lowest BCUT2D eigenvalue weighted by Gasteiger charge is -2.34. The Kier molecular flexibility index (Phi) is 5.84. The molecule has 0 spiro atoms. The number of nitrogens with zero attached hydrogens (tertiary/aromatic N) is 3. The first-order chi connectivity index (χ1) is 11.6. The zero-order valence-corrected chi connectivity index (χ0v) is 15.4. The fourth-order valence-electron chi connectivity index (χ4n) is 3.35. The van der Waals surface area contributed by atoms with Crippen LogP contribution in [0, 0.1) is 6.92 Å². The van der Waals surface area contributed by atoms with Gasteiger partial charge < -0.3 is 20.3 Å². The van der Waals surface area contributed by atoms with Crippen molar-refractivity contribution in [1.29, 1.82) is 0 Å². The van der Waals surface area contributed by atoms with Gasteiger partial charge in [0, 0.05) is 37.5 Å². The SMILES string of the molecule is Cc1cc(N2CCCC[C@H]2C)nc(NC(=S)NC[C@H]2CCCO2)n1. The van der Waals surface area contributed by atoms with Crippen molar-refractivity contribution in [3.8, 4) is 0 Å². The van der Waals surface area contributed by atoms with Gasteiger partial charge in [-0.1, -0.05) is 0 Å². The molecule has 132 valence electrons. The maximum Gasteiger partial charge on any atom is 0.231 e. The van der Waals surface area contributed by atoms with Gasteiger partial charge in [0.25, 0.3) is 0 Å². The number of hydrogen-bond acceptors (Lipinski definition) is 5. The van der Waals surface area contributed by atoms with Crippen LogP contribution in [0.3, 0.4) is 0 Å². The minimum Gasteiger partial charge on any atom is -0.376 e. The van der Waals surface area contributed by atoms with E-state index in [9.17, 15) is 0 Å². The van der Waals surface area contributed by atoms with E-state index in [4.69, 9.17) is 17.0 Å². The van der Waals surface area contributed by atoms with Crippen molar-refractivity contribution < 1.29 is 4.74 Å². The van der Waals surface area contributed by atoms with E-state index >= 15 is 0 Å². The summed E-state index contributed by atoms with van der Waals surface area (Å²) in [5.41, 5.74) is 0.946.